The van der Waals surface area contributed by atoms with Crippen molar-refractivity contribution in [3.63, 3.8) is 0 Å². The number of amides is 2. The van der Waals surface area contributed by atoms with Gasteiger partial charge in [0.15, 0.2) is 0 Å². The molecule has 1 aromatic rings. The standard InChI is InChI=1S/C12H16N2O3S2/c1-2-17-12(16)14-5-3-13(4-6-14)11(15)10-7-9(18)8-19-10/h7-8,18H,2-6H2,1H3. The second kappa shape index (κ2) is 6.29. The Morgan fingerprint density at radius 2 is 1.95 bits per heavy atom. The summed E-state index contributed by atoms with van der Waals surface area (Å²) in [6.07, 6.45) is -0.302. The first-order valence-electron chi connectivity index (χ1n) is 6.10. The fourth-order valence-electron chi connectivity index (χ4n) is 1.90. The van der Waals surface area contributed by atoms with E-state index in [1.54, 1.807) is 22.8 Å². The zero-order valence-corrected chi connectivity index (χ0v) is 12.4. The number of hydrogen-bond acceptors (Lipinski definition) is 5. The Labute approximate surface area is 121 Å². The molecule has 104 valence electrons. The molecular weight excluding hydrogens is 284 g/mol. The van der Waals surface area contributed by atoms with Crippen molar-refractivity contribution in [2.75, 3.05) is 32.8 Å². The average molecular weight is 300 g/mol. The number of hydrogen-bond donors (Lipinski definition) is 1. The monoisotopic (exact) mass is 300 g/mol. The van der Waals surface area contributed by atoms with Crippen LogP contribution in [0.4, 0.5) is 4.79 Å². The molecule has 0 bridgehead atoms. The number of thiophene rings is 1. The van der Waals surface area contributed by atoms with Crippen molar-refractivity contribution in [2.45, 2.75) is 11.8 Å². The van der Waals surface area contributed by atoms with Crippen LogP contribution >= 0.6 is 24.0 Å². The molecule has 2 amide bonds. The van der Waals surface area contributed by atoms with Gasteiger partial charge in [0.2, 0.25) is 0 Å². The highest BCUT2D eigenvalue weighted by Gasteiger charge is 2.25. The van der Waals surface area contributed by atoms with Gasteiger partial charge in [0.1, 0.15) is 0 Å². The van der Waals surface area contributed by atoms with Gasteiger partial charge >= 0.3 is 6.09 Å². The molecule has 1 fully saturated rings. The topological polar surface area (TPSA) is 49.9 Å². The van der Waals surface area contributed by atoms with Crippen LogP contribution in [0, 0.1) is 0 Å². The first-order chi connectivity index (χ1) is 9.11. The van der Waals surface area contributed by atoms with Gasteiger partial charge in [-0.25, -0.2) is 4.79 Å². The highest BCUT2D eigenvalue weighted by molar-refractivity contribution is 7.80. The maximum atomic E-state index is 12.2. The van der Waals surface area contributed by atoms with Crippen molar-refractivity contribution in [1.29, 1.82) is 0 Å². The summed E-state index contributed by atoms with van der Waals surface area (Å²) in [4.78, 5) is 28.6. The quantitative estimate of drug-likeness (QED) is 0.849. The highest BCUT2D eigenvalue weighted by atomic mass is 32.1. The number of carbonyl (C=O) groups excluding carboxylic acids is 2. The fourth-order valence-corrected chi connectivity index (χ4v) is 3.02. The van der Waals surface area contributed by atoms with E-state index in [9.17, 15) is 9.59 Å². The van der Waals surface area contributed by atoms with Crippen molar-refractivity contribution >= 4 is 36.0 Å². The van der Waals surface area contributed by atoms with Crippen LogP contribution < -0.4 is 0 Å². The SMILES string of the molecule is CCOC(=O)N1CCN(C(=O)c2cc(S)cs2)CC1. The maximum Gasteiger partial charge on any atom is 0.409 e. The van der Waals surface area contributed by atoms with E-state index in [0.717, 1.165) is 4.90 Å². The minimum atomic E-state index is -0.302. The molecule has 7 heteroatoms. The van der Waals surface area contributed by atoms with Crippen LogP contribution in [-0.2, 0) is 4.74 Å². The van der Waals surface area contributed by atoms with Gasteiger partial charge < -0.3 is 14.5 Å². The summed E-state index contributed by atoms with van der Waals surface area (Å²) < 4.78 is 4.94. The third-order valence-corrected chi connectivity index (χ3v) is 4.24. The van der Waals surface area contributed by atoms with Crippen LogP contribution in [0.15, 0.2) is 16.3 Å². The molecule has 1 saturated heterocycles. The van der Waals surface area contributed by atoms with Crippen LogP contribution in [0.1, 0.15) is 16.6 Å². The molecule has 0 unspecified atom stereocenters. The molecule has 2 heterocycles. The molecule has 1 aliphatic rings. The van der Waals surface area contributed by atoms with Gasteiger partial charge in [0.25, 0.3) is 5.91 Å². The second-order valence-electron chi connectivity index (χ2n) is 4.15. The minimum Gasteiger partial charge on any atom is -0.450 e. The first-order valence-corrected chi connectivity index (χ1v) is 7.43. The molecule has 0 N–H and O–H groups in total. The zero-order chi connectivity index (χ0) is 13.8. The molecule has 0 saturated carbocycles. The average Bonchev–Trinajstić information content (AvgIpc) is 2.85. The second-order valence-corrected chi connectivity index (χ2v) is 5.57. The lowest BCUT2D eigenvalue weighted by atomic mass is 10.3. The van der Waals surface area contributed by atoms with Crippen LogP contribution in [0.3, 0.4) is 0 Å². The van der Waals surface area contributed by atoms with Crippen LogP contribution in [-0.4, -0.2) is 54.6 Å². The summed E-state index contributed by atoms with van der Waals surface area (Å²) in [5, 5.41) is 1.84. The number of carbonyl (C=O) groups is 2. The maximum absolute atomic E-state index is 12.2. The predicted octanol–water partition coefficient (Wildman–Crippen LogP) is 1.95. The Balaban J connectivity index is 1.89. The molecular formula is C12H16N2O3S2. The molecule has 0 aliphatic carbocycles. The van der Waals surface area contributed by atoms with Crippen molar-refractivity contribution < 1.29 is 14.3 Å². The number of ether oxygens (including phenoxy) is 1. The summed E-state index contributed by atoms with van der Waals surface area (Å²) in [5.74, 6) is 0.00816. The Kier molecular flexibility index (Phi) is 4.71. The molecule has 2 rings (SSSR count). The Morgan fingerprint density at radius 3 is 2.47 bits per heavy atom. The summed E-state index contributed by atoms with van der Waals surface area (Å²) in [7, 11) is 0. The number of nitrogens with zero attached hydrogens (tertiary/aromatic N) is 2. The lowest BCUT2D eigenvalue weighted by Crippen LogP contribution is -2.50. The molecule has 1 aromatic heterocycles. The lowest BCUT2D eigenvalue weighted by molar-refractivity contribution is 0.0574. The molecule has 1 aliphatic heterocycles. The smallest absolute Gasteiger partial charge is 0.409 e. The zero-order valence-electron chi connectivity index (χ0n) is 10.7. The molecule has 0 radical (unpaired) electrons. The van der Waals surface area contributed by atoms with E-state index in [1.807, 2.05) is 5.38 Å². The van der Waals surface area contributed by atoms with Crippen LogP contribution in [0.25, 0.3) is 0 Å². The minimum absolute atomic E-state index is 0.00816. The van der Waals surface area contributed by atoms with Gasteiger partial charge in [-0.2, -0.15) is 0 Å². The van der Waals surface area contributed by atoms with Crippen molar-refractivity contribution in [3.05, 3.63) is 16.3 Å². The van der Waals surface area contributed by atoms with E-state index in [-0.39, 0.29) is 12.0 Å². The summed E-state index contributed by atoms with van der Waals surface area (Å²) in [6.45, 7) is 4.27. The predicted molar refractivity (Wildman–Crippen MR) is 76.1 cm³/mol. The third-order valence-electron chi connectivity index (χ3n) is 2.89. The number of thiol groups is 1. The van der Waals surface area contributed by atoms with Gasteiger partial charge in [-0.15, -0.1) is 24.0 Å². The van der Waals surface area contributed by atoms with E-state index in [2.05, 4.69) is 12.6 Å². The van der Waals surface area contributed by atoms with Gasteiger partial charge in [-0.1, -0.05) is 0 Å². The first kappa shape index (κ1) is 14.2. The fraction of sp³-hybridized carbons (Fsp3) is 0.500. The Morgan fingerprint density at radius 1 is 1.32 bits per heavy atom. The number of rotatable bonds is 2. The molecule has 0 aromatic carbocycles. The summed E-state index contributed by atoms with van der Waals surface area (Å²) in [6, 6.07) is 1.77. The Bertz CT molecular complexity index is 467. The lowest BCUT2D eigenvalue weighted by Gasteiger charge is -2.33. The molecule has 0 spiro atoms. The molecule has 19 heavy (non-hydrogen) atoms. The van der Waals surface area contributed by atoms with Crippen molar-refractivity contribution in [3.8, 4) is 0 Å². The van der Waals surface area contributed by atoms with Crippen LogP contribution in [0.5, 0.6) is 0 Å². The van der Waals surface area contributed by atoms with E-state index >= 15 is 0 Å². The number of piperazine rings is 1. The van der Waals surface area contributed by atoms with E-state index in [0.29, 0.717) is 37.7 Å². The Hall–Kier alpha value is -1.21. The van der Waals surface area contributed by atoms with Crippen molar-refractivity contribution in [1.82, 2.24) is 9.80 Å². The van der Waals surface area contributed by atoms with Gasteiger partial charge in [-0.3, -0.25) is 4.79 Å². The highest BCUT2D eigenvalue weighted by Crippen LogP contribution is 2.20. The van der Waals surface area contributed by atoms with E-state index in [4.69, 9.17) is 4.74 Å². The van der Waals surface area contributed by atoms with E-state index in [1.165, 1.54) is 11.3 Å². The van der Waals surface area contributed by atoms with Crippen molar-refractivity contribution in [2.24, 2.45) is 0 Å². The normalized spacial score (nSPS) is 15.5. The molecule has 0 atom stereocenters. The summed E-state index contributed by atoms with van der Waals surface area (Å²) >= 11 is 5.59. The largest absolute Gasteiger partial charge is 0.450 e. The van der Waals surface area contributed by atoms with Gasteiger partial charge in [0.05, 0.1) is 11.5 Å². The van der Waals surface area contributed by atoms with E-state index < -0.39 is 0 Å². The third kappa shape index (κ3) is 3.42. The summed E-state index contributed by atoms with van der Waals surface area (Å²) in [5.41, 5.74) is 0. The molecule has 5 nitrogen and oxygen atoms in total. The van der Waals surface area contributed by atoms with Gasteiger partial charge in [0, 0.05) is 36.5 Å². The van der Waals surface area contributed by atoms with Crippen LogP contribution in [0.2, 0.25) is 0 Å². The van der Waals surface area contributed by atoms with Gasteiger partial charge in [-0.05, 0) is 13.0 Å².